The third kappa shape index (κ3) is 3.72. The predicted molar refractivity (Wildman–Crippen MR) is 69.1 cm³/mol. The number of rotatable bonds is 5. The van der Waals surface area contributed by atoms with Crippen LogP contribution in [0.3, 0.4) is 0 Å². The second-order valence-electron chi connectivity index (χ2n) is 3.95. The van der Waals surface area contributed by atoms with E-state index in [-0.39, 0.29) is 12.0 Å². The second-order valence-corrected chi connectivity index (χ2v) is 4.36. The van der Waals surface area contributed by atoms with E-state index in [9.17, 15) is 4.79 Å². The number of carbonyl (C=O) groups is 1. The Balaban J connectivity index is 2.98. The van der Waals surface area contributed by atoms with Crippen LogP contribution in [0, 0.1) is 0 Å². The van der Waals surface area contributed by atoms with E-state index in [0.29, 0.717) is 5.02 Å². The van der Waals surface area contributed by atoms with Crippen LogP contribution in [0.1, 0.15) is 31.9 Å². The number of hydrogen-bond donors (Lipinski definition) is 1. The molecule has 3 nitrogen and oxygen atoms in total. The van der Waals surface area contributed by atoms with E-state index in [1.54, 1.807) is 6.07 Å². The molecule has 0 aromatic heterocycles. The fourth-order valence-electron chi connectivity index (χ4n) is 1.51. The van der Waals surface area contributed by atoms with E-state index < -0.39 is 6.04 Å². The van der Waals surface area contributed by atoms with Crippen LogP contribution >= 0.6 is 11.6 Å². The highest BCUT2D eigenvalue weighted by Crippen LogP contribution is 2.24. The van der Waals surface area contributed by atoms with Crippen LogP contribution in [0.25, 0.3) is 0 Å². The highest BCUT2D eigenvalue weighted by atomic mass is 35.5. The van der Waals surface area contributed by atoms with Gasteiger partial charge in [0.2, 0.25) is 0 Å². The summed E-state index contributed by atoms with van der Waals surface area (Å²) in [6.07, 6.45) is 0.929. The summed E-state index contributed by atoms with van der Waals surface area (Å²) in [7, 11) is 1.38. The summed E-state index contributed by atoms with van der Waals surface area (Å²) in [6.45, 7) is 4.07. The maximum atomic E-state index is 11.8. The number of nitrogens with one attached hydrogen (secondary N) is 1. The molecule has 2 unspecified atom stereocenters. The Bertz CT molecular complexity index is 381. The van der Waals surface area contributed by atoms with E-state index in [1.807, 2.05) is 25.1 Å². The lowest BCUT2D eigenvalue weighted by Crippen LogP contribution is -2.35. The molecule has 0 saturated heterocycles. The molecule has 94 valence electrons. The van der Waals surface area contributed by atoms with Crippen LogP contribution in [0.5, 0.6) is 0 Å². The third-order valence-electron chi connectivity index (χ3n) is 2.72. The van der Waals surface area contributed by atoms with E-state index >= 15 is 0 Å². The molecule has 0 radical (unpaired) electrons. The summed E-state index contributed by atoms with van der Waals surface area (Å²) in [5.74, 6) is -0.321. The van der Waals surface area contributed by atoms with Crippen molar-refractivity contribution in [1.82, 2.24) is 5.32 Å². The number of carbonyl (C=O) groups excluding carboxylic acids is 1. The van der Waals surface area contributed by atoms with Crippen LogP contribution in [0.15, 0.2) is 24.3 Å². The summed E-state index contributed by atoms with van der Waals surface area (Å²) in [4.78, 5) is 11.8. The average molecular weight is 256 g/mol. The summed E-state index contributed by atoms with van der Waals surface area (Å²) in [5.41, 5.74) is 0.751. The first-order valence-electron chi connectivity index (χ1n) is 5.68. The van der Waals surface area contributed by atoms with Crippen LogP contribution < -0.4 is 5.32 Å². The monoisotopic (exact) mass is 255 g/mol. The van der Waals surface area contributed by atoms with Gasteiger partial charge in [-0.3, -0.25) is 5.32 Å². The molecule has 0 heterocycles. The van der Waals surface area contributed by atoms with Gasteiger partial charge >= 0.3 is 5.97 Å². The first kappa shape index (κ1) is 14.0. The Kier molecular flexibility index (Phi) is 5.45. The molecule has 1 aromatic rings. The van der Waals surface area contributed by atoms with Crippen molar-refractivity contribution in [3.8, 4) is 0 Å². The minimum Gasteiger partial charge on any atom is -0.468 e. The zero-order chi connectivity index (χ0) is 12.8. The molecule has 0 aliphatic carbocycles. The maximum absolute atomic E-state index is 11.8. The van der Waals surface area contributed by atoms with Crippen LogP contribution in [-0.4, -0.2) is 19.1 Å². The Morgan fingerprint density at radius 2 is 2.12 bits per heavy atom. The average Bonchev–Trinajstić information content (AvgIpc) is 2.35. The summed E-state index contributed by atoms with van der Waals surface area (Å²) >= 11 is 6.10. The van der Waals surface area contributed by atoms with Crippen LogP contribution in [-0.2, 0) is 9.53 Å². The number of halogens is 1. The molecule has 0 saturated carbocycles. The number of ether oxygens (including phenoxy) is 1. The molecule has 0 amide bonds. The molecule has 1 rings (SSSR count). The number of esters is 1. The standard InChI is InChI=1S/C13H18ClNO2/c1-4-9(2)15-12(13(16)17-3)10-7-5-6-8-11(10)14/h5-9,12,15H,4H2,1-3H3. The van der Waals surface area contributed by atoms with Gasteiger partial charge in [-0.1, -0.05) is 36.7 Å². The first-order chi connectivity index (χ1) is 8.10. The molecule has 1 aromatic carbocycles. The summed E-state index contributed by atoms with van der Waals surface area (Å²) < 4.78 is 4.81. The van der Waals surface area contributed by atoms with Crippen molar-refractivity contribution < 1.29 is 9.53 Å². The molecule has 4 heteroatoms. The highest BCUT2D eigenvalue weighted by molar-refractivity contribution is 6.31. The van der Waals surface area contributed by atoms with Gasteiger partial charge in [0.05, 0.1) is 7.11 Å². The Labute approximate surface area is 107 Å². The van der Waals surface area contributed by atoms with Gasteiger partial charge in [0.15, 0.2) is 0 Å². The zero-order valence-electron chi connectivity index (χ0n) is 10.4. The summed E-state index contributed by atoms with van der Waals surface area (Å²) in [6, 6.07) is 7.00. The molecule has 0 aliphatic rings. The molecule has 0 bridgehead atoms. The van der Waals surface area contributed by atoms with Gasteiger partial charge in [0.1, 0.15) is 6.04 Å². The molecule has 0 spiro atoms. The van der Waals surface area contributed by atoms with Crippen molar-refractivity contribution in [3.05, 3.63) is 34.9 Å². The first-order valence-corrected chi connectivity index (χ1v) is 6.06. The molecular weight excluding hydrogens is 238 g/mol. The molecule has 2 atom stereocenters. The van der Waals surface area contributed by atoms with Gasteiger partial charge in [0, 0.05) is 11.1 Å². The van der Waals surface area contributed by atoms with Crippen LogP contribution in [0.2, 0.25) is 5.02 Å². The molecule has 0 fully saturated rings. The third-order valence-corrected chi connectivity index (χ3v) is 3.06. The van der Waals surface area contributed by atoms with Crippen molar-refractivity contribution in [3.63, 3.8) is 0 Å². The van der Waals surface area contributed by atoms with Crippen molar-refractivity contribution in [2.45, 2.75) is 32.4 Å². The van der Waals surface area contributed by atoms with Crippen molar-refractivity contribution >= 4 is 17.6 Å². The van der Waals surface area contributed by atoms with Gasteiger partial charge in [-0.05, 0) is 25.0 Å². The normalized spacial score (nSPS) is 14.1. The van der Waals surface area contributed by atoms with Crippen molar-refractivity contribution in [1.29, 1.82) is 0 Å². The van der Waals surface area contributed by atoms with E-state index in [1.165, 1.54) is 7.11 Å². The second kappa shape index (κ2) is 6.62. The molecule has 1 N–H and O–H groups in total. The van der Waals surface area contributed by atoms with E-state index in [0.717, 1.165) is 12.0 Å². The van der Waals surface area contributed by atoms with Gasteiger partial charge in [-0.15, -0.1) is 0 Å². The van der Waals surface area contributed by atoms with Crippen molar-refractivity contribution in [2.75, 3.05) is 7.11 Å². The van der Waals surface area contributed by atoms with Gasteiger partial charge in [-0.25, -0.2) is 4.79 Å². The van der Waals surface area contributed by atoms with Gasteiger partial charge in [-0.2, -0.15) is 0 Å². The smallest absolute Gasteiger partial charge is 0.327 e. The Morgan fingerprint density at radius 3 is 2.65 bits per heavy atom. The lowest BCUT2D eigenvalue weighted by atomic mass is 10.1. The lowest BCUT2D eigenvalue weighted by Gasteiger charge is -2.21. The van der Waals surface area contributed by atoms with E-state index in [4.69, 9.17) is 16.3 Å². The topological polar surface area (TPSA) is 38.3 Å². The maximum Gasteiger partial charge on any atom is 0.327 e. The van der Waals surface area contributed by atoms with Crippen LogP contribution in [0.4, 0.5) is 0 Å². The Morgan fingerprint density at radius 1 is 1.47 bits per heavy atom. The van der Waals surface area contributed by atoms with Gasteiger partial charge in [0.25, 0.3) is 0 Å². The lowest BCUT2D eigenvalue weighted by molar-refractivity contribution is -0.143. The fraction of sp³-hybridized carbons (Fsp3) is 0.462. The summed E-state index contributed by atoms with van der Waals surface area (Å²) in [5, 5.41) is 3.78. The highest BCUT2D eigenvalue weighted by Gasteiger charge is 2.24. The minimum atomic E-state index is -0.511. The number of benzene rings is 1. The number of methoxy groups -OCH3 is 1. The Hall–Kier alpha value is -1.06. The van der Waals surface area contributed by atoms with Crippen molar-refractivity contribution in [2.24, 2.45) is 0 Å². The number of hydrogen-bond acceptors (Lipinski definition) is 3. The zero-order valence-corrected chi connectivity index (χ0v) is 11.1. The predicted octanol–water partition coefficient (Wildman–Crippen LogP) is 2.94. The molecular formula is C13H18ClNO2. The molecule has 0 aliphatic heterocycles. The quantitative estimate of drug-likeness (QED) is 0.822. The van der Waals surface area contributed by atoms with Gasteiger partial charge < -0.3 is 4.74 Å². The van der Waals surface area contributed by atoms with E-state index in [2.05, 4.69) is 12.2 Å². The fourth-order valence-corrected chi connectivity index (χ4v) is 1.76. The molecule has 17 heavy (non-hydrogen) atoms. The SMILES string of the molecule is CCC(C)NC(C(=O)OC)c1ccccc1Cl. The largest absolute Gasteiger partial charge is 0.468 e. The minimum absolute atomic E-state index is 0.218.